The molecule has 2 N–H and O–H groups in total. The number of aryl methyl sites for hydroxylation is 2. The third kappa shape index (κ3) is 4.48. The smallest absolute Gasteiger partial charge is 0.317 e. The number of carbonyl (C=O) groups excluding carboxylic acids is 2. The summed E-state index contributed by atoms with van der Waals surface area (Å²) in [6.45, 7) is 5.46. The highest BCUT2D eigenvalue weighted by Gasteiger charge is 2.24. The van der Waals surface area contributed by atoms with Crippen LogP contribution < -0.4 is 10.6 Å². The Hall–Kier alpha value is -2.82. The Bertz CT molecular complexity index is 847. The highest BCUT2D eigenvalue weighted by Crippen LogP contribution is 2.28. The molecule has 5 heteroatoms. The van der Waals surface area contributed by atoms with E-state index < -0.39 is 0 Å². The standard InChI is InChI=1S/C22H27N3O2/c1-15-9-10-16(2)20(12-15)24-21(26)18-7-4-6-17(13-18)19-8-5-11-25(14-19)22(27)23-3/h4,6-7,9-10,12-13,19H,5,8,11,14H2,1-3H3,(H,23,27)(H,24,26)/t19-/m1/s1. The van der Waals surface area contributed by atoms with Crippen LogP contribution in [0.15, 0.2) is 42.5 Å². The summed E-state index contributed by atoms with van der Waals surface area (Å²) in [5.41, 5.74) is 4.75. The average molecular weight is 365 g/mol. The maximum absolute atomic E-state index is 12.7. The van der Waals surface area contributed by atoms with E-state index in [1.165, 1.54) is 0 Å². The van der Waals surface area contributed by atoms with Gasteiger partial charge in [-0.05, 0) is 61.6 Å². The summed E-state index contributed by atoms with van der Waals surface area (Å²) in [5, 5.41) is 5.72. The lowest BCUT2D eigenvalue weighted by atomic mass is 9.89. The van der Waals surface area contributed by atoms with Crippen molar-refractivity contribution >= 4 is 17.6 Å². The van der Waals surface area contributed by atoms with Crippen molar-refractivity contribution < 1.29 is 9.59 Å². The van der Waals surface area contributed by atoms with Crippen LogP contribution in [0.2, 0.25) is 0 Å². The first-order chi connectivity index (χ1) is 13.0. The van der Waals surface area contributed by atoms with E-state index in [1.807, 2.05) is 61.2 Å². The summed E-state index contributed by atoms with van der Waals surface area (Å²) in [6.07, 6.45) is 1.99. The van der Waals surface area contributed by atoms with Crippen molar-refractivity contribution in [3.8, 4) is 0 Å². The molecule has 2 aromatic carbocycles. The zero-order chi connectivity index (χ0) is 19.4. The van der Waals surface area contributed by atoms with Crippen molar-refractivity contribution in [2.45, 2.75) is 32.6 Å². The molecule has 1 atom stereocenters. The number of benzene rings is 2. The molecule has 0 aliphatic carbocycles. The molecule has 0 aromatic heterocycles. The van der Waals surface area contributed by atoms with E-state index in [0.717, 1.165) is 41.8 Å². The van der Waals surface area contributed by atoms with Gasteiger partial charge in [-0.15, -0.1) is 0 Å². The second kappa shape index (κ2) is 8.25. The van der Waals surface area contributed by atoms with E-state index in [2.05, 4.69) is 10.6 Å². The molecular formula is C22H27N3O2. The number of amides is 3. The van der Waals surface area contributed by atoms with Gasteiger partial charge in [0.25, 0.3) is 5.91 Å². The van der Waals surface area contributed by atoms with Crippen LogP contribution >= 0.6 is 0 Å². The summed E-state index contributed by atoms with van der Waals surface area (Å²) in [7, 11) is 1.66. The molecule has 3 amide bonds. The second-order valence-corrected chi connectivity index (χ2v) is 7.24. The Morgan fingerprint density at radius 2 is 1.93 bits per heavy atom. The number of carbonyl (C=O) groups is 2. The molecule has 142 valence electrons. The van der Waals surface area contributed by atoms with Gasteiger partial charge in [-0.1, -0.05) is 24.3 Å². The number of nitrogens with one attached hydrogen (secondary N) is 2. The minimum Gasteiger partial charge on any atom is -0.341 e. The lowest BCUT2D eigenvalue weighted by molar-refractivity contribution is 0.102. The Balaban J connectivity index is 1.76. The van der Waals surface area contributed by atoms with Gasteiger partial charge in [-0.3, -0.25) is 4.79 Å². The molecule has 3 rings (SSSR count). The number of nitrogens with zero attached hydrogens (tertiary/aromatic N) is 1. The predicted molar refractivity (Wildman–Crippen MR) is 108 cm³/mol. The fourth-order valence-corrected chi connectivity index (χ4v) is 3.59. The summed E-state index contributed by atoms with van der Waals surface area (Å²) in [6, 6.07) is 13.8. The Kier molecular flexibility index (Phi) is 5.79. The lowest BCUT2D eigenvalue weighted by Crippen LogP contribution is -2.43. The summed E-state index contributed by atoms with van der Waals surface area (Å²) < 4.78 is 0. The fraction of sp³-hybridized carbons (Fsp3) is 0.364. The van der Waals surface area contributed by atoms with E-state index >= 15 is 0 Å². The largest absolute Gasteiger partial charge is 0.341 e. The van der Waals surface area contributed by atoms with Gasteiger partial charge in [0, 0.05) is 37.3 Å². The minimum absolute atomic E-state index is 0.0384. The van der Waals surface area contributed by atoms with Crippen molar-refractivity contribution in [1.29, 1.82) is 0 Å². The molecule has 0 radical (unpaired) electrons. The first-order valence-corrected chi connectivity index (χ1v) is 9.43. The molecule has 2 aromatic rings. The van der Waals surface area contributed by atoms with Crippen LogP contribution in [0, 0.1) is 13.8 Å². The van der Waals surface area contributed by atoms with Gasteiger partial charge in [-0.2, -0.15) is 0 Å². The molecule has 0 spiro atoms. The minimum atomic E-state index is -0.107. The zero-order valence-electron chi connectivity index (χ0n) is 16.2. The normalized spacial score (nSPS) is 16.7. The van der Waals surface area contributed by atoms with Crippen LogP contribution in [0.4, 0.5) is 10.5 Å². The van der Waals surface area contributed by atoms with Gasteiger partial charge in [0.05, 0.1) is 0 Å². The van der Waals surface area contributed by atoms with Crippen molar-refractivity contribution in [3.63, 3.8) is 0 Å². The van der Waals surface area contributed by atoms with Gasteiger partial charge in [-0.25, -0.2) is 4.79 Å². The molecule has 1 saturated heterocycles. The number of anilines is 1. The molecule has 0 saturated carbocycles. The van der Waals surface area contributed by atoms with Crippen molar-refractivity contribution in [2.75, 3.05) is 25.5 Å². The molecule has 0 bridgehead atoms. The second-order valence-electron chi connectivity index (χ2n) is 7.24. The maximum atomic E-state index is 12.7. The van der Waals surface area contributed by atoms with E-state index in [9.17, 15) is 9.59 Å². The van der Waals surface area contributed by atoms with Crippen LogP contribution in [0.3, 0.4) is 0 Å². The SMILES string of the molecule is CNC(=O)N1CCC[C@@H](c2cccc(C(=O)Nc3cc(C)ccc3C)c2)C1. The molecule has 27 heavy (non-hydrogen) atoms. The van der Waals surface area contributed by atoms with Crippen molar-refractivity contribution in [1.82, 2.24) is 10.2 Å². The number of rotatable bonds is 3. The predicted octanol–water partition coefficient (Wildman–Crippen LogP) is 4.07. The summed E-state index contributed by atoms with van der Waals surface area (Å²) in [4.78, 5) is 26.5. The van der Waals surface area contributed by atoms with Gasteiger partial charge in [0.2, 0.25) is 0 Å². The first kappa shape index (κ1) is 19.0. The zero-order valence-corrected chi connectivity index (χ0v) is 16.2. The van der Waals surface area contributed by atoms with Crippen LogP contribution in [0.25, 0.3) is 0 Å². The summed E-state index contributed by atoms with van der Waals surface area (Å²) in [5.74, 6) is 0.147. The third-order valence-corrected chi connectivity index (χ3v) is 5.18. The summed E-state index contributed by atoms with van der Waals surface area (Å²) >= 11 is 0. The Morgan fingerprint density at radius 1 is 1.11 bits per heavy atom. The fourth-order valence-electron chi connectivity index (χ4n) is 3.59. The molecule has 1 aliphatic rings. The first-order valence-electron chi connectivity index (χ1n) is 9.43. The van der Waals surface area contributed by atoms with Gasteiger partial charge in [0.15, 0.2) is 0 Å². The Labute approximate surface area is 160 Å². The monoisotopic (exact) mass is 365 g/mol. The molecule has 1 fully saturated rings. The maximum Gasteiger partial charge on any atom is 0.317 e. The number of likely N-dealkylation sites (tertiary alicyclic amines) is 1. The number of piperidine rings is 1. The van der Waals surface area contributed by atoms with Crippen LogP contribution in [-0.2, 0) is 0 Å². The van der Waals surface area contributed by atoms with Crippen molar-refractivity contribution in [2.24, 2.45) is 0 Å². The molecule has 5 nitrogen and oxygen atoms in total. The van der Waals surface area contributed by atoms with Crippen LogP contribution in [0.5, 0.6) is 0 Å². The molecule has 0 unspecified atom stereocenters. The van der Waals surface area contributed by atoms with E-state index in [1.54, 1.807) is 7.05 Å². The van der Waals surface area contributed by atoms with Gasteiger partial charge < -0.3 is 15.5 Å². The molecular weight excluding hydrogens is 338 g/mol. The van der Waals surface area contributed by atoms with Gasteiger partial charge in [0.1, 0.15) is 0 Å². The van der Waals surface area contributed by atoms with Crippen molar-refractivity contribution in [3.05, 3.63) is 64.7 Å². The molecule has 1 aliphatic heterocycles. The van der Waals surface area contributed by atoms with Gasteiger partial charge >= 0.3 is 6.03 Å². The average Bonchev–Trinajstić information content (AvgIpc) is 2.70. The number of hydrogen-bond donors (Lipinski definition) is 2. The van der Waals surface area contributed by atoms with E-state index in [4.69, 9.17) is 0 Å². The Morgan fingerprint density at radius 3 is 2.70 bits per heavy atom. The van der Waals surface area contributed by atoms with Crippen LogP contribution in [0.1, 0.15) is 45.8 Å². The highest BCUT2D eigenvalue weighted by molar-refractivity contribution is 6.04. The van der Waals surface area contributed by atoms with Crippen LogP contribution in [-0.4, -0.2) is 37.0 Å². The van der Waals surface area contributed by atoms with E-state index in [0.29, 0.717) is 12.1 Å². The van der Waals surface area contributed by atoms with E-state index in [-0.39, 0.29) is 17.9 Å². The number of hydrogen-bond acceptors (Lipinski definition) is 2. The highest BCUT2D eigenvalue weighted by atomic mass is 16.2. The third-order valence-electron chi connectivity index (χ3n) is 5.18. The topological polar surface area (TPSA) is 61.4 Å². The quantitative estimate of drug-likeness (QED) is 0.861. The lowest BCUT2D eigenvalue weighted by Gasteiger charge is -2.32. The number of urea groups is 1. The molecule has 1 heterocycles.